The van der Waals surface area contributed by atoms with Crippen LogP contribution in [0.2, 0.25) is 0 Å². The maximum atomic E-state index is 13.0. The Morgan fingerprint density at radius 2 is 1.58 bits per heavy atom. The van der Waals surface area contributed by atoms with Gasteiger partial charge in [-0.3, -0.25) is 4.79 Å². The number of nitrogens with zero attached hydrogens (tertiary/aromatic N) is 2. The molecule has 120 valence electrons. The second kappa shape index (κ2) is 6.58. The number of ketones is 1. The van der Waals surface area contributed by atoms with E-state index in [2.05, 4.69) is 5.10 Å². The number of halogens is 2. The molecule has 0 fully saturated rings. The van der Waals surface area contributed by atoms with E-state index in [9.17, 15) is 13.6 Å². The van der Waals surface area contributed by atoms with E-state index in [0.29, 0.717) is 16.9 Å². The minimum Gasteiger partial charge on any atom is -0.289 e. The highest BCUT2D eigenvalue weighted by molar-refractivity contribution is 6.07. The first-order chi connectivity index (χ1) is 11.5. The second-order valence-corrected chi connectivity index (χ2v) is 5.28. The van der Waals surface area contributed by atoms with Crippen molar-refractivity contribution >= 4 is 11.9 Å². The summed E-state index contributed by atoms with van der Waals surface area (Å²) in [5, 5.41) is 4.19. The highest BCUT2D eigenvalue weighted by Crippen LogP contribution is 2.16. The minimum absolute atomic E-state index is 0.204. The van der Waals surface area contributed by atoms with Crippen LogP contribution in [0.15, 0.2) is 60.8 Å². The number of hydrogen-bond donors (Lipinski definition) is 0. The molecule has 0 spiro atoms. The summed E-state index contributed by atoms with van der Waals surface area (Å²) in [4.78, 5) is 12.3. The average molecular weight is 324 g/mol. The van der Waals surface area contributed by atoms with Crippen molar-refractivity contribution in [1.29, 1.82) is 0 Å². The van der Waals surface area contributed by atoms with Gasteiger partial charge in [-0.1, -0.05) is 18.2 Å². The first kappa shape index (κ1) is 15.8. The van der Waals surface area contributed by atoms with Gasteiger partial charge in [0.2, 0.25) is 0 Å². The highest BCUT2D eigenvalue weighted by Gasteiger charge is 2.13. The Kier molecular flexibility index (Phi) is 4.33. The largest absolute Gasteiger partial charge is 0.289 e. The van der Waals surface area contributed by atoms with Crippen LogP contribution in [0.4, 0.5) is 8.78 Å². The number of benzene rings is 2. The van der Waals surface area contributed by atoms with Crippen molar-refractivity contribution in [3.05, 3.63) is 89.3 Å². The predicted molar refractivity (Wildman–Crippen MR) is 88.0 cm³/mol. The van der Waals surface area contributed by atoms with Crippen molar-refractivity contribution in [3.8, 4) is 5.69 Å². The summed E-state index contributed by atoms with van der Waals surface area (Å²) in [6.45, 7) is 1.77. The van der Waals surface area contributed by atoms with Crippen LogP contribution in [-0.2, 0) is 0 Å². The minimum atomic E-state index is -0.331. The number of aromatic nitrogens is 2. The van der Waals surface area contributed by atoms with E-state index in [1.165, 1.54) is 36.5 Å². The third kappa shape index (κ3) is 3.30. The van der Waals surface area contributed by atoms with Crippen molar-refractivity contribution in [1.82, 2.24) is 9.78 Å². The van der Waals surface area contributed by atoms with E-state index >= 15 is 0 Å². The molecule has 1 aromatic heterocycles. The number of rotatable bonds is 4. The van der Waals surface area contributed by atoms with Crippen LogP contribution in [0.25, 0.3) is 11.8 Å². The van der Waals surface area contributed by atoms with Gasteiger partial charge in [-0.15, -0.1) is 0 Å². The molecule has 0 atom stereocenters. The molecular weight excluding hydrogens is 310 g/mol. The van der Waals surface area contributed by atoms with Gasteiger partial charge in [0.25, 0.3) is 0 Å². The normalized spacial score (nSPS) is 11.1. The van der Waals surface area contributed by atoms with Crippen LogP contribution >= 0.6 is 0 Å². The number of hydrogen-bond acceptors (Lipinski definition) is 2. The first-order valence-corrected chi connectivity index (χ1v) is 7.33. The molecule has 24 heavy (non-hydrogen) atoms. The van der Waals surface area contributed by atoms with Crippen molar-refractivity contribution in [2.75, 3.05) is 0 Å². The quantitative estimate of drug-likeness (QED) is 0.528. The Morgan fingerprint density at radius 3 is 2.21 bits per heavy atom. The maximum absolute atomic E-state index is 13.0. The van der Waals surface area contributed by atoms with Crippen LogP contribution in [0.1, 0.15) is 21.6 Å². The van der Waals surface area contributed by atoms with Gasteiger partial charge in [0.05, 0.1) is 23.1 Å². The van der Waals surface area contributed by atoms with Gasteiger partial charge in [-0.25, -0.2) is 13.5 Å². The molecule has 0 saturated heterocycles. The maximum Gasteiger partial charge on any atom is 0.189 e. The molecule has 2 aromatic carbocycles. The molecule has 5 heteroatoms. The molecule has 3 rings (SSSR count). The Labute approximate surface area is 137 Å². The lowest BCUT2D eigenvalue weighted by Gasteiger charge is -2.04. The fourth-order valence-electron chi connectivity index (χ4n) is 2.33. The number of allylic oxidation sites excluding steroid dienone is 1. The molecule has 3 nitrogen and oxygen atoms in total. The van der Waals surface area contributed by atoms with Crippen molar-refractivity contribution < 1.29 is 13.6 Å². The topological polar surface area (TPSA) is 34.9 Å². The zero-order valence-corrected chi connectivity index (χ0v) is 12.9. The van der Waals surface area contributed by atoms with E-state index in [-0.39, 0.29) is 17.4 Å². The van der Waals surface area contributed by atoms with Crippen molar-refractivity contribution in [3.63, 3.8) is 0 Å². The molecule has 0 amide bonds. The Bertz CT molecular complexity index is 894. The standard InChI is InChI=1S/C19H14F2N2O/c1-13-18(12-22-23(13)17-9-7-16(21)8-10-17)19(24)11-4-14-2-5-15(20)6-3-14/h2-12H,1H3. The van der Waals surface area contributed by atoms with Gasteiger partial charge < -0.3 is 0 Å². The monoisotopic (exact) mass is 324 g/mol. The van der Waals surface area contributed by atoms with Crippen LogP contribution in [0, 0.1) is 18.6 Å². The Morgan fingerprint density at radius 1 is 1.00 bits per heavy atom. The molecule has 0 N–H and O–H groups in total. The van der Waals surface area contributed by atoms with E-state index in [1.807, 2.05) is 0 Å². The summed E-state index contributed by atoms with van der Waals surface area (Å²) in [6.07, 6.45) is 4.53. The molecule has 0 saturated carbocycles. The lowest BCUT2D eigenvalue weighted by molar-refractivity contribution is 0.104. The summed E-state index contributed by atoms with van der Waals surface area (Å²) < 4.78 is 27.5. The summed E-state index contributed by atoms with van der Waals surface area (Å²) in [5.41, 5.74) is 2.52. The SMILES string of the molecule is Cc1c(C(=O)C=Cc2ccc(F)cc2)cnn1-c1ccc(F)cc1. The zero-order valence-electron chi connectivity index (χ0n) is 12.9. The first-order valence-electron chi connectivity index (χ1n) is 7.33. The van der Waals surface area contributed by atoms with Crippen molar-refractivity contribution in [2.45, 2.75) is 6.92 Å². The third-order valence-electron chi connectivity index (χ3n) is 3.64. The molecule has 0 aliphatic heterocycles. The van der Waals surface area contributed by atoms with Gasteiger partial charge in [-0.05, 0) is 55.0 Å². The Balaban J connectivity index is 1.83. The van der Waals surface area contributed by atoms with E-state index in [4.69, 9.17) is 0 Å². The predicted octanol–water partition coefficient (Wildman–Crippen LogP) is 4.36. The molecule has 3 aromatic rings. The summed E-state index contributed by atoms with van der Waals surface area (Å²) in [6, 6.07) is 11.7. The highest BCUT2D eigenvalue weighted by atomic mass is 19.1. The number of carbonyl (C=O) groups is 1. The van der Waals surface area contributed by atoms with Gasteiger partial charge in [0.15, 0.2) is 5.78 Å². The third-order valence-corrected chi connectivity index (χ3v) is 3.64. The summed E-state index contributed by atoms with van der Waals surface area (Å²) in [5.74, 6) is -0.859. The van der Waals surface area contributed by atoms with Crippen LogP contribution in [0.3, 0.4) is 0 Å². The molecule has 1 heterocycles. The van der Waals surface area contributed by atoms with Gasteiger partial charge in [0, 0.05) is 0 Å². The van der Waals surface area contributed by atoms with Crippen LogP contribution in [-0.4, -0.2) is 15.6 Å². The van der Waals surface area contributed by atoms with E-state index in [0.717, 1.165) is 5.56 Å². The Hall–Kier alpha value is -3.08. The van der Waals surface area contributed by atoms with Gasteiger partial charge in [0.1, 0.15) is 11.6 Å². The lowest BCUT2D eigenvalue weighted by Crippen LogP contribution is -2.01. The van der Waals surface area contributed by atoms with Gasteiger partial charge in [-0.2, -0.15) is 5.10 Å². The molecule has 0 radical (unpaired) electrons. The smallest absolute Gasteiger partial charge is 0.189 e. The molecule has 0 bridgehead atoms. The average Bonchev–Trinajstić information content (AvgIpc) is 2.96. The molecule has 0 unspecified atom stereocenters. The molecule has 0 aliphatic carbocycles. The van der Waals surface area contributed by atoms with Gasteiger partial charge >= 0.3 is 0 Å². The van der Waals surface area contributed by atoms with Crippen LogP contribution < -0.4 is 0 Å². The molecular formula is C19H14F2N2O. The van der Waals surface area contributed by atoms with E-state index < -0.39 is 0 Å². The fraction of sp³-hybridized carbons (Fsp3) is 0.0526. The fourth-order valence-corrected chi connectivity index (χ4v) is 2.33. The second-order valence-electron chi connectivity index (χ2n) is 5.28. The van der Waals surface area contributed by atoms with E-state index in [1.54, 1.807) is 41.9 Å². The zero-order chi connectivity index (χ0) is 17.1. The lowest BCUT2D eigenvalue weighted by atomic mass is 10.1. The molecule has 0 aliphatic rings. The van der Waals surface area contributed by atoms with Crippen LogP contribution in [0.5, 0.6) is 0 Å². The van der Waals surface area contributed by atoms with Crippen molar-refractivity contribution in [2.24, 2.45) is 0 Å². The summed E-state index contributed by atoms with van der Waals surface area (Å²) >= 11 is 0. The number of carbonyl (C=O) groups excluding carboxylic acids is 1. The summed E-state index contributed by atoms with van der Waals surface area (Å²) in [7, 11) is 0.